The zero-order chi connectivity index (χ0) is 16.0. The van der Waals surface area contributed by atoms with E-state index in [0.717, 1.165) is 19.3 Å². The summed E-state index contributed by atoms with van der Waals surface area (Å²) >= 11 is -0.293. The van der Waals surface area contributed by atoms with Gasteiger partial charge in [-0.15, -0.1) is 0 Å². The van der Waals surface area contributed by atoms with Crippen LogP contribution in [0.4, 0.5) is 13.2 Å². The van der Waals surface area contributed by atoms with Crippen LogP contribution < -0.4 is 4.72 Å². The molecule has 0 aliphatic heterocycles. The number of hydrogen-bond acceptors (Lipinski definition) is 4. The number of carbonyl (C=O) groups excluding carboxylic acids is 1. The lowest BCUT2D eigenvalue weighted by Gasteiger charge is -2.55. The number of halogens is 3. The van der Waals surface area contributed by atoms with Gasteiger partial charge in [-0.3, -0.25) is 9.52 Å². The van der Waals surface area contributed by atoms with E-state index in [1.165, 1.54) is 19.3 Å². The highest BCUT2D eigenvalue weighted by molar-refractivity contribution is 7.98. The molecule has 0 radical (unpaired) electrons. The molecule has 4 saturated carbocycles. The monoisotopic (exact) mass is 337 g/mol. The second-order valence-corrected chi connectivity index (χ2v) is 8.27. The lowest BCUT2D eigenvalue weighted by molar-refractivity contribution is -0.175. The summed E-state index contributed by atoms with van der Waals surface area (Å²) < 4.78 is 43.9. The van der Waals surface area contributed by atoms with Crippen molar-refractivity contribution < 1.29 is 22.7 Å². The lowest BCUT2D eigenvalue weighted by Crippen LogP contribution is -2.51. The van der Waals surface area contributed by atoms with E-state index in [-0.39, 0.29) is 29.9 Å². The highest BCUT2D eigenvalue weighted by Crippen LogP contribution is 2.60. The largest absolute Gasteiger partial charge is 0.461 e. The normalized spacial score (nSPS) is 38.1. The fourth-order valence-electron chi connectivity index (χ4n) is 4.95. The van der Waals surface area contributed by atoms with Gasteiger partial charge in [0.2, 0.25) is 0 Å². The first-order valence-electron chi connectivity index (χ1n) is 7.94. The van der Waals surface area contributed by atoms with Crippen LogP contribution in [0.15, 0.2) is 0 Å². The van der Waals surface area contributed by atoms with Gasteiger partial charge < -0.3 is 4.74 Å². The van der Waals surface area contributed by atoms with Crippen molar-refractivity contribution in [2.24, 2.45) is 23.2 Å². The minimum absolute atomic E-state index is 0.00226. The first-order valence-corrected chi connectivity index (χ1v) is 8.76. The van der Waals surface area contributed by atoms with Crippen molar-refractivity contribution in [2.75, 3.05) is 6.54 Å². The molecule has 1 N–H and O–H groups in total. The van der Waals surface area contributed by atoms with Crippen LogP contribution in [0, 0.1) is 23.2 Å². The van der Waals surface area contributed by atoms with Gasteiger partial charge in [-0.1, -0.05) is 0 Å². The Balaban J connectivity index is 1.51. The van der Waals surface area contributed by atoms with Crippen LogP contribution in [0.25, 0.3) is 0 Å². The fourth-order valence-corrected chi connectivity index (χ4v) is 5.43. The van der Waals surface area contributed by atoms with Crippen LogP contribution in [0.1, 0.15) is 45.4 Å². The SMILES string of the molecule is CC(CNSC(F)(F)F)OC(=O)C12CC3CC(CC(C3)C1)C2. The number of rotatable bonds is 5. The average molecular weight is 337 g/mol. The van der Waals surface area contributed by atoms with Crippen LogP contribution in [0.3, 0.4) is 0 Å². The predicted molar refractivity (Wildman–Crippen MR) is 77.8 cm³/mol. The van der Waals surface area contributed by atoms with Crippen molar-refractivity contribution in [3.8, 4) is 0 Å². The summed E-state index contributed by atoms with van der Waals surface area (Å²) in [5, 5.41) is 0. The second kappa shape index (κ2) is 5.89. The molecule has 0 spiro atoms. The van der Waals surface area contributed by atoms with E-state index in [4.69, 9.17) is 4.74 Å². The van der Waals surface area contributed by atoms with Gasteiger partial charge in [0.25, 0.3) is 0 Å². The molecule has 0 aromatic heterocycles. The molecular weight excluding hydrogens is 315 g/mol. The Morgan fingerprint density at radius 3 is 2.18 bits per heavy atom. The number of alkyl halides is 3. The Kier molecular flexibility index (Phi) is 4.40. The third kappa shape index (κ3) is 3.55. The maximum absolute atomic E-state index is 12.6. The number of hydrogen-bond donors (Lipinski definition) is 1. The van der Waals surface area contributed by atoms with Crippen molar-refractivity contribution in [1.82, 2.24) is 4.72 Å². The van der Waals surface area contributed by atoms with E-state index in [1.54, 1.807) is 6.92 Å². The van der Waals surface area contributed by atoms with Crippen LogP contribution in [0.5, 0.6) is 0 Å². The van der Waals surface area contributed by atoms with Crippen molar-refractivity contribution in [3.05, 3.63) is 0 Å². The first kappa shape index (κ1) is 16.4. The Morgan fingerprint density at radius 2 is 1.73 bits per heavy atom. The van der Waals surface area contributed by atoms with Crippen LogP contribution >= 0.6 is 11.9 Å². The van der Waals surface area contributed by atoms with Crippen LogP contribution in [0.2, 0.25) is 0 Å². The molecule has 0 aromatic rings. The molecule has 0 saturated heterocycles. The van der Waals surface area contributed by atoms with Gasteiger partial charge in [0, 0.05) is 18.5 Å². The molecule has 7 heteroatoms. The van der Waals surface area contributed by atoms with Crippen LogP contribution in [-0.2, 0) is 9.53 Å². The summed E-state index contributed by atoms with van der Waals surface area (Å²) in [4.78, 5) is 12.6. The highest BCUT2D eigenvalue weighted by atomic mass is 32.2. The minimum Gasteiger partial charge on any atom is -0.461 e. The summed E-state index contributed by atoms with van der Waals surface area (Å²) in [6.45, 7) is 1.64. The third-order valence-electron chi connectivity index (χ3n) is 5.34. The van der Waals surface area contributed by atoms with Crippen molar-refractivity contribution in [1.29, 1.82) is 0 Å². The first-order chi connectivity index (χ1) is 10.3. The van der Waals surface area contributed by atoms with E-state index in [9.17, 15) is 18.0 Å². The molecule has 1 atom stereocenters. The van der Waals surface area contributed by atoms with Gasteiger partial charge in [-0.05, 0) is 63.2 Å². The van der Waals surface area contributed by atoms with Gasteiger partial charge in [-0.2, -0.15) is 13.2 Å². The topological polar surface area (TPSA) is 38.3 Å². The van der Waals surface area contributed by atoms with Crippen molar-refractivity contribution >= 4 is 17.9 Å². The van der Waals surface area contributed by atoms with Gasteiger partial charge in [-0.25, -0.2) is 0 Å². The highest BCUT2D eigenvalue weighted by Gasteiger charge is 2.55. The zero-order valence-corrected chi connectivity index (χ0v) is 13.4. The van der Waals surface area contributed by atoms with Crippen molar-refractivity contribution in [3.63, 3.8) is 0 Å². The smallest absolute Gasteiger partial charge is 0.456 e. The summed E-state index contributed by atoms with van der Waals surface area (Å²) in [6, 6.07) is 0. The van der Waals surface area contributed by atoms with Crippen LogP contribution in [-0.4, -0.2) is 24.1 Å². The number of carbonyl (C=O) groups is 1. The van der Waals surface area contributed by atoms with Gasteiger partial charge in [0.1, 0.15) is 6.10 Å². The number of esters is 1. The van der Waals surface area contributed by atoms with E-state index in [1.807, 2.05) is 0 Å². The maximum Gasteiger partial charge on any atom is 0.456 e. The Bertz CT molecular complexity index is 406. The molecule has 3 nitrogen and oxygen atoms in total. The molecule has 22 heavy (non-hydrogen) atoms. The maximum atomic E-state index is 12.6. The third-order valence-corrected chi connectivity index (χ3v) is 5.88. The molecule has 0 amide bonds. The minimum atomic E-state index is -4.32. The molecule has 4 aliphatic rings. The van der Waals surface area contributed by atoms with E-state index < -0.39 is 11.6 Å². The van der Waals surface area contributed by atoms with E-state index in [0.29, 0.717) is 17.8 Å². The summed E-state index contributed by atoms with van der Waals surface area (Å²) in [5.41, 5.74) is -4.66. The standard InChI is InChI=1S/C15H22F3NO2S/c1-9(8-19-22-15(16,17)18)21-13(20)14-5-10-2-11(6-14)4-12(3-10)7-14/h9-12,19H,2-8H2,1H3. The zero-order valence-electron chi connectivity index (χ0n) is 12.6. The van der Waals surface area contributed by atoms with Crippen molar-refractivity contribution in [2.45, 2.75) is 57.1 Å². The molecule has 1 unspecified atom stereocenters. The predicted octanol–water partition coefficient (Wildman–Crippen LogP) is 3.89. The van der Waals surface area contributed by atoms with Gasteiger partial charge in [0.05, 0.1) is 5.41 Å². The number of ether oxygens (including phenoxy) is 1. The quantitative estimate of drug-likeness (QED) is 0.610. The van der Waals surface area contributed by atoms with E-state index >= 15 is 0 Å². The second-order valence-electron chi connectivity index (χ2n) is 7.31. The Labute approximate surface area is 132 Å². The molecule has 0 aromatic carbocycles. The molecule has 0 heterocycles. The summed E-state index contributed by atoms with van der Waals surface area (Å²) in [6.07, 6.45) is 5.92. The lowest BCUT2D eigenvalue weighted by atomic mass is 9.49. The fraction of sp³-hybridized carbons (Fsp3) is 0.933. The van der Waals surface area contributed by atoms with E-state index in [2.05, 4.69) is 4.72 Å². The average Bonchev–Trinajstić information content (AvgIpc) is 2.35. The Morgan fingerprint density at radius 1 is 1.23 bits per heavy atom. The molecule has 4 rings (SSSR count). The van der Waals surface area contributed by atoms with Gasteiger partial charge in [0.15, 0.2) is 0 Å². The Hall–Kier alpha value is -0.430. The summed E-state index contributed by atoms with van der Waals surface area (Å²) in [7, 11) is 0. The number of nitrogens with one attached hydrogen (secondary N) is 1. The molecule has 126 valence electrons. The molecule has 4 bridgehead atoms. The molecular formula is C15H22F3NO2S. The van der Waals surface area contributed by atoms with Gasteiger partial charge >= 0.3 is 11.5 Å². The molecule has 4 fully saturated rings. The molecule has 4 aliphatic carbocycles. The summed E-state index contributed by atoms with van der Waals surface area (Å²) in [5.74, 6) is 1.76.